The van der Waals surface area contributed by atoms with E-state index in [9.17, 15) is 4.79 Å². The number of anilines is 1. The summed E-state index contributed by atoms with van der Waals surface area (Å²) in [4.78, 5) is 16.9. The highest BCUT2D eigenvalue weighted by Crippen LogP contribution is 2.36. The van der Waals surface area contributed by atoms with Crippen molar-refractivity contribution in [2.24, 2.45) is 0 Å². The predicted molar refractivity (Wildman–Crippen MR) is 110 cm³/mol. The van der Waals surface area contributed by atoms with E-state index in [-0.39, 0.29) is 20.1 Å². The molecular formula is C22H22N2O5. The zero-order chi connectivity index (χ0) is 19.5. The van der Waals surface area contributed by atoms with Crippen LogP contribution >= 0.6 is 0 Å². The highest BCUT2D eigenvalue weighted by molar-refractivity contribution is 6.05. The van der Waals surface area contributed by atoms with E-state index in [1.807, 2.05) is 18.2 Å². The normalized spacial score (nSPS) is 11.4. The summed E-state index contributed by atoms with van der Waals surface area (Å²) in [6.45, 7) is 0.211. The van der Waals surface area contributed by atoms with Crippen molar-refractivity contribution in [2.45, 2.75) is 7.43 Å². The average Bonchev–Trinajstić information content (AvgIpc) is 3.22. The van der Waals surface area contributed by atoms with E-state index in [0.717, 1.165) is 11.1 Å². The first-order valence-electron chi connectivity index (χ1n) is 8.56. The van der Waals surface area contributed by atoms with Crippen molar-refractivity contribution in [2.75, 3.05) is 26.3 Å². The highest BCUT2D eigenvalue weighted by atomic mass is 16.7. The lowest BCUT2D eigenvalue weighted by Gasteiger charge is -2.12. The number of fused-ring (bicyclic) bond motifs is 1. The molecule has 0 bridgehead atoms. The fraction of sp³-hybridized carbons (Fsp3) is 0.182. The van der Waals surface area contributed by atoms with Crippen molar-refractivity contribution < 1.29 is 23.7 Å². The molecule has 7 heteroatoms. The molecule has 0 radical (unpaired) electrons. The van der Waals surface area contributed by atoms with Gasteiger partial charge in [0.05, 0.1) is 25.5 Å². The molecular weight excluding hydrogens is 372 g/mol. The quantitative estimate of drug-likeness (QED) is 0.692. The molecule has 3 aromatic rings. The molecule has 0 saturated carbocycles. The van der Waals surface area contributed by atoms with Gasteiger partial charge in [0.1, 0.15) is 11.5 Å². The third-order valence-electron chi connectivity index (χ3n) is 4.36. The highest BCUT2D eigenvalue weighted by Gasteiger charge is 2.16. The molecule has 7 nitrogen and oxygen atoms in total. The summed E-state index contributed by atoms with van der Waals surface area (Å²) in [5.41, 5.74) is 2.65. The van der Waals surface area contributed by atoms with Crippen LogP contribution in [0.5, 0.6) is 23.0 Å². The molecule has 1 aliphatic heterocycles. The third-order valence-corrected chi connectivity index (χ3v) is 4.36. The van der Waals surface area contributed by atoms with E-state index in [4.69, 9.17) is 18.9 Å². The number of rotatable bonds is 5. The maximum absolute atomic E-state index is 12.7. The van der Waals surface area contributed by atoms with Gasteiger partial charge in [-0.05, 0) is 35.9 Å². The number of pyridine rings is 1. The van der Waals surface area contributed by atoms with Gasteiger partial charge in [0, 0.05) is 24.0 Å². The summed E-state index contributed by atoms with van der Waals surface area (Å²) in [6.07, 6.45) is 3.21. The molecule has 150 valence electrons. The largest absolute Gasteiger partial charge is 0.497 e. The van der Waals surface area contributed by atoms with Gasteiger partial charge in [0.25, 0.3) is 5.91 Å². The van der Waals surface area contributed by atoms with Crippen LogP contribution in [0.1, 0.15) is 17.8 Å². The molecule has 0 aliphatic carbocycles. The van der Waals surface area contributed by atoms with Crippen LogP contribution in [0.2, 0.25) is 0 Å². The topological polar surface area (TPSA) is 78.9 Å². The number of ether oxygens (including phenoxy) is 4. The second-order valence-corrected chi connectivity index (χ2v) is 6.05. The van der Waals surface area contributed by atoms with Gasteiger partial charge in [-0.15, -0.1) is 0 Å². The Hall–Kier alpha value is -3.74. The van der Waals surface area contributed by atoms with Crippen LogP contribution in [0.3, 0.4) is 0 Å². The van der Waals surface area contributed by atoms with E-state index in [1.54, 1.807) is 37.6 Å². The zero-order valence-corrected chi connectivity index (χ0v) is 15.4. The summed E-state index contributed by atoms with van der Waals surface area (Å²) in [7, 11) is 3.10. The van der Waals surface area contributed by atoms with Crippen molar-refractivity contribution in [3.8, 4) is 34.1 Å². The van der Waals surface area contributed by atoms with Gasteiger partial charge in [0.2, 0.25) is 6.79 Å². The van der Waals surface area contributed by atoms with E-state index >= 15 is 0 Å². The van der Waals surface area contributed by atoms with Crippen LogP contribution < -0.4 is 24.3 Å². The minimum absolute atomic E-state index is 0. The van der Waals surface area contributed by atoms with Crippen molar-refractivity contribution in [1.29, 1.82) is 0 Å². The van der Waals surface area contributed by atoms with Gasteiger partial charge >= 0.3 is 0 Å². The molecule has 1 amide bonds. The Morgan fingerprint density at radius 1 is 0.966 bits per heavy atom. The van der Waals surface area contributed by atoms with Gasteiger partial charge in [-0.25, -0.2) is 0 Å². The first-order chi connectivity index (χ1) is 13.7. The monoisotopic (exact) mass is 394 g/mol. The van der Waals surface area contributed by atoms with E-state index < -0.39 is 0 Å². The lowest BCUT2D eigenvalue weighted by Crippen LogP contribution is -2.13. The van der Waals surface area contributed by atoms with Crippen LogP contribution in [0, 0.1) is 0 Å². The Labute approximate surface area is 169 Å². The molecule has 1 aliphatic rings. The standard InChI is InChI=1S/C21H18N2O5.CH4/c1-25-16-4-5-17(19(9-16)26-2)23-21(24)15-7-14(10-22-11-15)13-3-6-18-20(8-13)28-12-27-18;/h3-11H,12H2,1-2H3,(H,23,24);1H4. The molecule has 0 fully saturated rings. The van der Waals surface area contributed by atoms with Gasteiger partial charge < -0.3 is 24.3 Å². The van der Waals surface area contributed by atoms with Crippen LogP contribution in [0.25, 0.3) is 11.1 Å². The number of hydrogen-bond acceptors (Lipinski definition) is 6. The fourth-order valence-electron chi connectivity index (χ4n) is 2.89. The Morgan fingerprint density at radius 3 is 2.59 bits per heavy atom. The van der Waals surface area contributed by atoms with E-state index in [1.165, 1.54) is 13.3 Å². The Balaban J connectivity index is 0.00000240. The Bertz CT molecular complexity index is 1040. The predicted octanol–water partition coefficient (Wildman–Crippen LogP) is 4.38. The molecule has 0 unspecified atom stereocenters. The van der Waals surface area contributed by atoms with Gasteiger partial charge in [-0.3, -0.25) is 9.78 Å². The van der Waals surface area contributed by atoms with Crippen molar-refractivity contribution in [3.05, 3.63) is 60.4 Å². The second kappa shape index (κ2) is 8.52. The minimum Gasteiger partial charge on any atom is -0.497 e. The number of nitrogens with zero attached hydrogens (tertiary/aromatic N) is 1. The molecule has 0 saturated heterocycles. The number of benzene rings is 2. The minimum atomic E-state index is -0.293. The average molecular weight is 394 g/mol. The number of methoxy groups -OCH3 is 2. The Morgan fingerprint density at radius 2 is 1.79 bits per heavy atom. The van der Waals surface area contributed by atoms with Crippen molar-refractivity contribution >= 4 is 11.6 Å². The first kappa shape index (κ1) is 20.0. The van der Waals surface area contributed by atoms with Crippen LogP contribution in [-0.2, 0) is 0 Å². The van der Waals surface area contributed by atoms with E-state index in [2.05, 4.69) is 10.3 Å². The maximum atomic E-state index is 12.7. The SMILES string of the molecule is C.COc1ccc(NC(=O)c2cncc(-c3ccc4c(c3)OCO4)c2)c(OC)c1. The number of carbonyl (C=O) groups is 1. The molecule has 2 aromatic carbocycles. The second-order valence-electron chi connectivity index (χ2n) is 6.05. The molecule has 2 heterocycles. The van der Waals surface area contributed by atoms with Gasteiger partial charge in [-0.2, -0.15) is 0 Å². The number of nitrogens with one attached hydrogen (secondary N) is 1. The maximum Gasteiger partial charge on any atom is 0.257 e. The van der Waals surface area contributed by atoms with Crippen LogP contribution in [-0.4, -0.2) is 31.9 Å². The fourth-order valence-corrected chi connectivity index (χ4v) is 2.89. The molecule has 1 aromatic heterocycles. The van der Waals surface area contributed by atoms with Crippen molar-refractivity contribution in [3.63, 3.8) is 0 Å². The molecule has 4 rings (SSSR count). The number of carbonyl (C=O) groups excluding carboxylic acids is 1. The van der Waals surface area contributed by atoms with Crippen LogP contribution in [0.15, 0.2) is 54.9 Å². The van der Waals surface area contributed by atoms with Gasteiger partial charge in [-0.1, -0.05) is 13.5 Å². The summed E-state index contributed by atoms with van der Waals surface area (Å²) < 4.78 is 21.2. The lowest BCUT2D eigenvalue weighted by atomic mass is 10.1. The van der Waals surface area contributed by atoms with E-state index in [0.29, 0.717) is 34.2 Å². The Kier molecular flexibility index (Phi) is 5.87. The lowest BCUT2D eigenvalue weighted by molar-refractivity contribution is 0.102. The number of aromatic nitrogens is 1. The van der Waals surface area contributed by atoms with Gasteiger partial charge in [0.15, 0.2) is 11.5 Å². The molecule has 0 atom stereocenters. The number of hydrogen-bond donors (Lipinski definition) is 1. The zero-order valence-electron chi connectivity index (χ0n) is 15.4. The van der Waals surface area contributed by atoms with Crippen LogP contribution in [0.4, 0.5) is 5.69 Å². The first-order valence-corrected chi connectivity index (χ1v) is 8.56. The summed E-state index contributed by atoms with van der Waals surface area (Å²) in [5.74, 6) is 2.24. The molecule has 0 spiro atoms. The molecule has 1 N–H and O–H groups in total. The molecule has 29 heavy (non-hydrogen) atoms. The summed E-state index contributed by atoms with van der Waals surface area (Å²) in [6, 6.07) is 12.6. The summed E-state index contributed by atoms with van der Waals surface area (Å²) in [5, 5.41) is 2.85. The third kappa shape index (κ3) is 4.08. The summed E-state index contributed by atoms with van der Waals surface area (Å²) >= 11 is 0. The smallest absolute Gasteiger partial charge is 0.257 e. The van der Waals surface area contributed by atoms with Crippen molar-refractivity contribution in [1.82, 2.24) is 4.98 Å². The number of amides is 1.